The standard InChI is InChI=1S/C13H24NO4P/c1-3-17-19(16,18-4-2)12-8-9-13(15)14-10-6-5-7-11-14/h8,12H,3-7,9-11H2,1-2H3/b12-8+. The lowest BCUT2D eigenvalue weighted by atomic mass is 10.1. The number of hydrogen-bond acceptors (Lipinski definition) is 4. The molecule has 0 bridgehead atoms. The van der Waals surface area contributed by atoms with E-state index in [0.717, 1.165) is 25.9 Å². The van der Waals surface area contributed by atoms with Crippen LogP contribution in [0.2, 0.25) is 0 Å². The van der Waals surface area contributed by atoms with Gasteiger partial charge in [0.05, 0.1) is 13.2 Å². The summed E-state index contributed by atoms with van der Waals surface area (Å²) < 4.78 is 22.4. The lowest BCUT2D eigenvalue weighted by Gasteiger charge is -2.26. The molecule has 1 heterocycles. The number of rotatable bonds is 7. The number of piperidine rings is 1. The van der Waals surface area contributed by atoms with Gasteiger partial charge in [0.25, 0.3) is 0 Å². The van der Waals surface area contributed by atoms with E-state index in [1.807, 2.05) is 4.90 Å². The molecular weight excluding hydrogens is 265 g/mol. The van der Waals surface area contributed by atoms with Gasteiger partial charge in [0.15, 0.2) is 0 Å². The van der Waals surface area contributed by atoms with Crippen molar-refractivity contribution in [2.75, 3.05) is 26.3 Å². The zero-order valence-corrected chi connectivity index (χ0v) is 12.7. The summed E-state index contributed by atoms with van der Waals surface area (Å²) in [6, 6.07) is 0. The van der Waals surface area contributed by atoms with Gasteiger partial charge in [0.1, 0.15) is 0 Å². The number of likely N-dealkylation sites (tertiary alicyclic amines) is 1. The van der Waals surface area contributed by atoms with Crippen molar-refractivity contribution in [2.45, 2.75) is 39.5 Å². The van der Waals surface area contributed by atoms with Crippen molar-refractivity contribution in [2.24, 2.45) is 0 Å². The zero-order chi connectivity index (χ0) is 14.1. The van der Waals surface area contributed by atoms with Gasteiger partial charge >= 0.3 is 7.60 Å². The van der Waals surface area contributed by atoms with E-state index in [0.29, 0.717) is 13.2 Å². The number of hydrogen-bond donors (Lipinski definition) is 0. The fraction of sp³-hybridized carbons (Fsp3) is 0.769. The molecular formula is C13H24NO4P. The van der Waals surface area contributed by atoms with E-state index in [9.17, 15) is 9.36 Å². The first-order valence-electron chi connectivity index (χ1n) is 6.95. The van der Waals surface area contributed by atoms with Gasteiger partial charge in [0, 0.05) is 25.3 Å². The smallest absolute Gasteiger partial charge is 0.342 e. The van der Waals surface area contributed by atoms with Crippen LogP contribution in [-0.2, 0) is 18.4 Å². The minimum absolute atomic E-state index is 0.0792. The Balaban J connectivity index is 2.46. The Morgan fingerprint density at radius 1 is 1.16 bits per heavy atom. The van der Waals surface area contributed by atoms with Crippen molar-refractivity contribution in [1.82, 2.24) is 4.90 Å². The molecule has 1 saturated heterocycles. The van der Waals surface area contributed by atoms with Gasteiger partial charge < -0.3 is 13.9 Å². The average molecular weight is 289 g/mol. The van der Waals surface area contributed by atoms with Gasteiger partial charge in [0.2, 0.25) is 5.91 Å². The molecule has 0 aromatic heterocycles. The summed E-state index contributed by atoms with van der Waals surface area (Å²) in [5.74, 6) is 1.48. The molecule has 19 heavy (non-hydrogen) atoms. The summed E-state index contributed by atoms with van der Waals surface area (Å²) in [5, 5.41) is 0. The third-order valence-electron chi connectivity index (χ3n) is 2.91. The van der Waals surface area contributed by atoms with Crippen LogP contribution in [0.5, 0.6) is 0 Å². The summed E-state index contributed by atoms with van der Waals surface area (Å²) in [7, 11) is -3.17. The van der Waals surface area contributed by atoms with Crippen LogP contribution in [0.3, 0.4) is 0 Å². The van der Waals surface area contributed by atoms with Crippen molar-refractivity contribution < 1.29 is 18.4 Å². The fourth-order valence-electron chi connectivity index (χ4n) is 2.04. The monoisotopic (exact) mass is 289 g/mol. The van der Waals surface area contributed by atoms with Gasteiger partial charge in [-0.2, -0.15) is 0 Å². The van der Waals surface area contributed by atoms with Crippen LogP contribution in [0.1, 0.15) is 39.5 Å². The molecule has 0 spiro atoms. The van der Waals surface area contributed by atoms with E-state index in [2.05, 4.69) is 0 Å². The molecule has 110 valence electrons. The number of carbonyl (C=O) groups is 1. The second kappa shape index (κ2) is 8.51. The predicted octanol–water partition coefficient (Wildman–Crippen LogP) is 3.17. The highest BCUT2D eigenvalue weighted by atomic mass is 31.2. The van der Waals surface area contributed by atoms with Gasteiger partial charge in [-0.05, 0) is 33.1 Å². The van der Waals surface area contributed by atoms with Gasteiger partial charge in [-0.1, -0.05) is 6.08 Å². The first-order valence-corrected chi connectivity index (χ1v) is 8.56. The molecule has 0 atom stereocenters. The lowest BCUT2D eigenvalue weighted by Crippen LogP contribution is -2.35. The molecule has 1 aliphatic rings. The lowest BCUT2D eigenvalue weighted by molar-refractivity contribution is -0.131. The maximum Gasteiger partial charge on any atom is 0.353 e. The van der Waals surface area contributed by atoms with E-state index in [1.165, 1.54) is 12.2 Å². The van der Waals surface area contributed by atoms with Crippen LogP contribution in [0.15, 0.2) is 11.9 Å². The molecule has 0 aliphatic carbocycles. The van der Waals surface area contributed by atoms with Crippen LogP contribution >= 0.6 is 7.60 Å². The maximum atomic E-state index is 12.1. The Morgan fingerprint density at radius 2 is 1.74 bits per heavy atom. The Hall–Kier alpha value is -0.640. The average Bonchev–Trinajstić information content (AvgIpc) is 2.40. The molecule has 0 saturated carbocycles. The highest BCUT2D eigenvalue weighted by Gasteiger charge is 2.20. The number of carbonyl (C=O) groups excluding carboxylic acids is 1. The molecule has 1 amide bonds. The van der Waals surface area contributed by atoms with Crippen molar-refractivity contribution in [3.63, 3.8) is 0 Å². The molecule has 0 aromatic rings. The maximum absolute atomic E-state index is 12.1. The molecule has 1 fully saturated rings. The molecule has 0 unspecified atom stereocenters. The Kier molecular flexibility index (Phi) is 7.36. The Morgan fingerprint density at radius 3 is 2.26 bits per heavy atom. The second-order valence-corrected chi connectivity index (χ2v) is 6.30. The normalized spacial score (nSPS) is 17.1. The molecule has 0 aromatic carbocycles. The quantitative estimate of drug-likeness (QED) is 0.675. The molecule has 1 aliphatic heterocycles. The largest absolute Gasteiger partial charge is 0.353 e. The van der Waals surface area contributed by atoms with E-state index in [1.54, 1.807) is 19.9 Å². The van der Waals surface area contributed by atoms with Crippen LogP contribution in [0.25, 0.3) is 0 Å². The molecule has 0 N–H and O–H groups in total. The minimum atomic E-state index is -3.17. The van der Waals surface area contributed by atoms with Crippen LogP contribution in [-0.4, -0.2) is 37.1 Å². The van der Waals surface area contributed by atoms with Gasteiger partial charge in [-0.25, -0.2) is 0 Å². The van der Waals surface area contributed by atoms with Crippen LogP contribution in [0, 0.1) is 0 Å². The third kappa shape index (κ3) is 5.89. The summed E-state index contributed by atoms with van der Waals surface area (Å²) in [4.78, 5) is 13.8. The Labute approximate surface area is 115 Å². The first kappa shape index (κ1) is 16.4. The van der Waals surface area contributed by atoms with Crippen molar-refractivity contribution in [3.05, 3.63) is 11.9 Å². The number of amides is 1. The topological polar surface area (TPSA) is 55.8 Å². The second-order valence-electron chi connectivity index (χ2n) is 4.41. The first-order chi connectivity index (χ1) is 9.11. The Bertz CT molecular complexity index is 341. The van der Waals surface area contributed by atoms with Crippen molar-refractivity contribution >= 4 is 13.5 Å². The van der Waals surface area contributed by atoms with Crippen LogP contribution < -0.4 is 0 Å². The van der Waals surface area contributed by atoms with E-state index in [-0.39, 0.29) is 12.3 Å². The minimum Gasteiger partial charge on any atom is -0.342 e. The van der Waals surface area contributed by atoms with Gasteiger partial charge in [-0.15, -0.1) is 0 Å². The highest BCUT2D eigenvalue weighted by Crippen LogP contribution is 2.49. The summed E-state index contributed by atoms with van der Waals surface area (Å²) in [5.41, 5.74) is 0. The van der Waals surface area contributed by atoms with Crippen LogP contribution in [0.4, 0.5) is 0 Å². The number of nitrogens with zero attached hydrogens (tertiary/aromatic N) is 1. The van der Waals surface area contributed by atoms with E-state index < -0.39 is 7.60 Å². The van der Waals surface area contributed by atoms with Crippen molar-refractivity contribution in [1.29, 1.82) is 0 Å². The van der Waals surface area contributed by atoms with Crippen molar-refractivity contribution in [3.8, 4) is 0 Å². The SMILES string of the molecule is CCOP(=O)(/C=C/CC(=O)N1CCCCC1)OCC. The van der Waals surface area contributed by atoms with Gasteiger partial charge in [-0.3, -0.25) is 9.36 Å². The zero-order valence-electron chi connectivity index (χ0n) is 11.8. The highest BCUT2D eigenvalue weighted by molar-refractivity contribution is 7.57. The fourth-order valence-corrected chi connectivity index (χ4v) is 3.37. The predicted molar refractivity (Wildman–Crippen MR) is 75.0 cm³/mol. The van der Waals surface area contributed by atoms with E-state index >= 15 is 0 Å². The molecule has 6 heteroatoms. The molecule has 1 rings (SSSR count). The summed E-state index contributed by atoms with van der Waals surface area (Å²) >= 11 is 0. The summed E-state index contributed by atoms with van der Waals surface area (Å²) in [6.07, 6.45) is 5.20. The van der Waals surface area contributed by atoms with E-state index in [4.69, 9.17) is 9.05 Å². The third-order valence-corrected chi connectivity index (χ3v) is 4.72. The summed E-state index contributed by atoms with van der Waals surface area (Å²) in [6.45, 7) is 5.84. The molecule has 5 nitrogen and oxygen atoms in total. The molecule has 0 radical (unpaired) electrons.